The molecule has 13 heteroatoms. The number of alkyl carbamates (subject to hydrolysis) is 1. The van der Waals surface area contributed by atoms with Gasteiger partial charge in [-0.1, -0.05) is 81.5 Å². The second-order valence-corrected chi connectivity index (χ2v) is 20.4. The largest absolute Gasteiger partial charge is 0.450 e. The lowest BCUT2D eigenvalue weighted by atomic mass is 9.70. The highest BCUT2D eigenvalue weighted by Crippen LogP contribution is 2.39. The van der Waals surface area contributed by atoms with Crippen LogP contribution in [0.3, 0.4) is 0 Å². The highest BCUT2D eigenvalue weighted by molar-refractivity contribution is 5.67. The molecule has 0 aromatic carbocycles. The number of fused-ring (bicyclic) bond motifs is 5. The molecule has 13 nitrogen and oxygen atoms in total. The van der Waals surface area contributed by atoms with Gasteiger partial charge in [0.15, 0.2) is 0 Å². The Bertz CT molecular complexity index is 1550. The minimum atomic E-state index is -0.291. The van der Waals surface area contributed by atoms with Gasteiger partial charge in [-0.2, -0.15) is 0 Å². The maximum absolute atomic E-state index is 11.5. The van der Waals surface area contributed by atoms with E-state index in [9.17, 15) is 4.79 Å². The Morgan fingerprint density at radius 3 is 2.03 bits per heavy atom. The van der Waals surface area contributed by atoms with E-state index in [1.54, 1.807) is 0 Å². The van der Waals surface area contributed by atoms with E-state index in [0.29, 0.717) is 89.3 Å². The molecule has 0 radical (unpaired) electrons. The minimum Gasteiger partial charge on any atom is -0.450 e. The highest BCUT2D eigenvalue weighted by Gasteiger charge is 2.44. The molecule has 0 aromatic heterocycles. The Morgan fingerprint density at radius 1 is 0.726 bits per heavy atom. The lowest BCUT2D eigenvalue weighted by molar-refractivity contribution is 0.137. The smallest absolute Gasteiger partial charge is 0.407 e. The molecule has 10 aliphatic rings. The van der Waals surface area contributed by atoms with Crippen LogP contribution in [-0.4, -0.2) is 126 Å². The molecular weight excluding hydrogens is 777 g/mol. The first kappa shape index (κ1) is 49.0. The van der Waals surface area contributed by atoms with E-state index in [-0.39, 0.29) is 24.3 Å². The monoisotopic (exact) mass is 863 g/mol. The van der Waals surface area contributed by atoms with E-state index in [4.69, 9.17) is 27.0 Å². The summed E-state index contributed by atoms with van der Waals surface area (Å²) in [5.74, 6) is 6.88. The molecule has 5 heterocycles. The molecule has 5 fully saturated rings. The Labute approximate surface area is 374 Å². The number of hydrogen-bond acceptors (Lipinski definition) is 12. The number of aliphatic hydroxyl groups excluding tert-OH is 1. The summed E-state index contributed by atoms with van der Waals surface area (Å²) < 4.78 is 4.95. The third-order valence-corrected chi connectivity index (χ3v) is 16.1. The molecular formula is C49H86N10O3. The molecule has 17 unspecified atom stereocenters. The molecule has 17 atom stereocenters. The molecule has 1 amide bonds. The Morgan fingerprint density at radius 2 is 1.34 bits per heavy atom. The maximum Gasteiger partial charge on any atom is 0.407 e. The van der Waals surface area contributed by atoms with E-state index in [1.165, 1.54) is 0 Å². The number of ether oxygens (including phenoxy) is 1. The van der Waals surface area contributed by atoms with Crippen molar-refractivity contribution in [3.05, 3.63) is 60.8 Å². The van der Waals surface area contributed by atoms with Crippen LogP contribution >= 0.6 is 0 Å². The normalized spacial score (nSPS) is 43.7. The summed E-state index contributed by atoms with van der Waals surface area (Å²) in [6.45, 7) is 22.9. The molecule has 0 saturated carbocycles. The van der Waals surface area contributed by atoms with E-state index < -0.39 is 0 Å². The predicted molar refractivity (Wildman–Crippen MR) is 253 cm³/mol. The number of nitrogens with one attached hydrogen (secondary N) is 7. The minimum absolute atomic E-state index is 0.0307. The second kappa shape index (κ2) is 23.2. The zero-order chi connectivity index (χ0) is 44.3. The zero-order valence-electron chi connectivity index (χ0n) is 38.7. The summed E-state index contributed by atoms with van der Waals surface area (Å²) in [5.41, 5.74) is 18.7. The fourth-order valence-corrected chi connectivity index (χ4v) is 11.8. The van der Waals surface area contributed by atoms with Crippen molar-refractivity contribution in [1.82, 2.24) is 37.2 Å². The van der Waals surface area contributed by atoms with E-state index in [0.717, 1.165) is 97.2 Å². The van der Waals surface area contributed by atoms with Crippen molar-refractivity contribution in [3.63, 3.8) is 0 Å². The van der Waals surface area contributed by atoms with E-state index >= 15 is 0 Å². The summed E-state index contributed by atoms with van der Waals surface area (Å²) in [4.78, 5) is 11.5. The van der Waals surface area contributed by atoms with Crippen LogP contribution in [0.1, 0.15) is 53.9 Å². The standard InChI is InChI=1S/C12H20N2O2.C10H18N2O.3C9H16N2/c1-3-16-12(15)14-11-8(2)4-5-9-6-13-7-10(9)11;13-5-4-12-10-3-1-2-8-6-11-7-9(8)10;1-6-2-3-7-4-11-5-8(7)9(6)10;1-9(10)4-2-3-7-5-11-6-8(7)9;1-9-6-11-5-7(9)3-2-4-8(9)10/h4-5,8-11,13H,3,6-7H2,1-2H3,(H,14,15);1-2,8-13H,3-7H2;2-3,6-9,11H,4-5,10H2,1H3;2*2-3,7-8,11H,4-6,10H2,1H3. The number of rotatable bonds is 5. The number of nitrogens with two attached hydrogens (primary N) is 3. The first-order valence-corrected chi connectivity index (χ1v) is 24.3. The number of hydrogen-bond donors (Lipinski definition) is 11. The Balaban J connectivity index is 0.000000130. The third kappa shape index (κ3) is 12.3. The van der Waals surface area contributed by atoms with Gasteiger partial charge < -0.3 is 64.3 Å². The van der Waals surface area contributed by atoms with Crippen LogP contribution in [0.25, 0.3) is 0 Å². The summed E-state index contributed by atoms with van der Waals surface area (Å²) in [6, 6.07) is 1.49. The topological polar surface area (TPSA) is 209 Å². The van der Waals surface area contributed by atoms with Crippen LogP contribution in [0, 0.1) is 70.5 Å². The number of amides is 1. The van der Waals surface area contributed by atoms with Gasteiger partial charge in [0, 0.05) is 107 Å². The van der Waals surface area contributed by atoms with Crippen LogP contribution in [0.5, 0.6) is 0 Å². The van der Waals surface area contributed by atoms with Gasteiger partial charge in [-0.25, -0.2) is 4.79 Å². The fourth-order valence-electron chi connectivity index (χ4n) is 11.8. The van der Waals surface area contributed by atoms with Crippen molar-refractivity contribution in [3.8, 4) is 0 Å². The number of carbonyl (C=O) groups is 1. The van der Waals surface area contributed by atoms with Crippen LogP contribution in [0.2, 0.25) is 0 Å². The SMILES string of the molecule is CC1(N)CC=CC2CNCC21.CC12CNCC1C=CCC2N.CC1C=CC2CNCC2C1N.CCOC(=O)NC1C(C)C=CC2CNCC21.OCCNC1CC=CC2CNCC21. The van der Waals surface area contributed by atoms with Crippen LogP contribution in [0.15, 0.2) is 60.8 Å². The van der Waals surface area contributed by atoms with Gasteiger partial charge in [-0.05, 0) is 98.2 Å². The van der Waals surface area contributed by atoms with Crippen molar-refractivity contribution >= 4 is 6.09 Å². The van der Waals surface area contributed by atoms with Gasteiger partial charge in [0.05, 0.1) is 13.2 Å². The van der Waals surface area contributed by atoms with Gasteiger partial charge in [0.25, 0.3) is 0 Å². The maximum atomic E-state index is 11.5. The third-order valence-electron chi connectivity index (χ3n) is 16.1. The molecule has 5 aliphatic heterocycles. The van der Waals surface area contributed by atoms with Crippen LogP contribution in [0.4, 0.5) is 4.79 Å². The zero-order valence-corrected chi connectivity index (χ0v) is 38.7. The lowest BCUT2D eigenvalue weighted by Crippen LogP contribution is -2.48. The van der Waals surface area contributed by atoms with Gasteiger partial charge in [-0.15, -0.1) is 0 Å². The molecule has 10 rings (SSSR count). The summed E-state index contributed by atoms with van der Waals surface area (Å²) in [7, 11) is 0. The van der Waals surface area contributed by atoms with Crippen molar-refractivity contribution < 1.29 is 14.6 Å². The molecule has 14 N–H and O–H groups in total. The molecule has 0 aromatic rings. The quantitative estimate of drug-likeness (QED) is 0.180. The summed E-state index contributed by atoms with van der Waals surface area (Å²) in [6.07, 6.45) is 25.7. The average Bonchev–Trinajstić information content (AvgIpc) is 4.12. The molecule has 5 aliphatic carbocycles. The molecule has 0 spiro atoms. The van der Waals surface area contributed by atoms with Crippen molar-refractivity contribution in [2.45, 2.75) is 83.6 Å². The van der Waals surface area contributed by atoms with Crippen LogP contribution in [-0.2, 0) is 4.74 Å². The highest BCUT2D eigenvalue weighted by atomic mass is 16.5. The second-order valence-electron chi connectivity index (χ2n) is 20.4. The number of aliphatic hydroxyl groups is 1. The first-order valence-electron chi connectivity index (χ1n) is 24.3. The van der Waals surface area contributed by atoms with Gasteiger partial charge in [-0.3, -0.25) is 0 Å². The van der Waals surface area contributed by atoms with Crippen molar-refractivity contribution in [1.29, 1.82) is 0 Å². The van der Waals surface area contributed by atoms with E-state index in [1.807, 2.05) is 6.92 Å². The van der Waals surface area contributed by atoms with Gasteiger partial charge in [0.1, 0.15) is 0 Å². The number of carbonyl (C=O) groups excluding carboxylic acids is 1. The van der Waals surface area contributed by atoms with Gasteiger partial charge >= 0.3 is 6.09 Å². The molecule has 62 heavy (non-hydrogen) atoms. The first-order chi connectivity index (χ1) is 29.9. The Kier molecular flexibility index (Phi) is 18.3. The molecule has 5 saturated heterocycles. The van der Waals surface area contributed by atoms with Gasteiger partial charge in [0.2, 0.25) is 0 Å². The average molecular weight is 863 g/mol. The van der Waals surface area contributed by atoms with Crippen LogP contribution < -0.4 is 54.4 Å². The predicted octanol–water partition coefficient (Wildman–Crippen LogP) is 2.23. The van der Waals surface area contributed by atoms with Crippen molar-refractivity contribution in [2.24, 2.45) is 87.7 Å². The lowest BCUT2D eigenvalue weighted by Gasteiger charge is -2.37. The summed E-state index contributed by atoms with van der Waals surface area (Å²) >= 11 is 0. The summed E-state index contributed by atoms with van der Waals surface area (Å²) in [5, 5.41) is 32.1. The molecule has 0 bridgehead atoms. The fraction of sp³-hybridized carbons (Fsp3) is 0.776. The Hall–Kier alpha value is -2.43. The van der Waals surface area contributed by atoms with Crippen molar-refractivity contribution in [2.75, 3.05) is 85.2 Å². The van der Waals surface area contributed by atoms with E-state index in [2.05, 4.69) is 126 Å². The molecule has 350 valence electrons.